The Morgan fingerprint density at radius 3 is 2.79 bits per heavy atom. The highest BCUT2D eigenvalue weighted by Gasteiger charge is 2.19. The maximum Gasteiger partial charge on any atom is 0.0278 e. The van der Waals surface area contributed by atoms with E-state index in [9.17, 15) is 0 Å². The molecule has 0 aromatic carbocycles. The number of aromatic nitrogens is 1. The molecule has 1 fully saturated rings. The normalized spacial score (nSPS) is 27.5. The highest BCUT2D eigenvalue weighted by atomic mass is 32.2. The predicted molar refractivity (Wildman–Crippen MR) is 60.3 cm³/mol. The zero-order valence-electron chi connectivity index (χ0n) is 8.23. The first kappa shape index (κ1) is 9.99. The Kier molecular flexibility index (Phi) is 3.43. The summed E-state index contributed by atoms with van der Waals surface area (Å²) in [5, 5.41) is 0.709. The monoisotopic (exact) mass is 208 g/mol. The summed E-state index contributed by atoms with van der Waals surface area (Å²) in [6.45, 7) is 0. The summed E-state index contributed by atoms with van der Waals surface area (Å²) in [5.74, 6) is 0. The van der Waals surface area contributed by atoms with Gasteiger partial charge in [-0.1, -0.05) is 6.42 Å². The summed E-state index contributed by atoms with van der Waals surface area (Å²) in [5.41, 5.74) is 5.95. The molecule has 1 aromatic rings. The number of hydrogen-bond donors (Lipinski definition) is 1. The standard InChI is InChI=1S/C11H16N2S/c12-9-2-1-3-11(8-9)14-10-4-6-13-7-5-10/h4-7,9,11H,1-3,8,12H2. The molecule has 1 aromatic heterocycles. The fourth-order valence-electron chi connectivity index (χ4n) is 1.90. The summed E-state index contributed by atoms with van der Waals surface area (Å²) in [6.07, 6.45) is 8.65. The molecule has 0 saturated heterocycles. The van der Waals surface area contributed by atoms with Gasteiger partial charge >= 0.3 is 0 Å². The minimum absolute atomic E-state index is 0.420. The maximum atomic E-state index is 5.95. The molecule has 0 bridgehead atoms. The van der Waals surface area contributed by atoms with E-state index in [1.54, 1.807) is 0 Å². The molecule has 76 valence electrons. The third kappa shape index (κ3) is 2.72. The number of thioether (sulfide) groups is 1. The molecule has 2 atom stereocenters. The van der Waals surface area contributed by atoms with Gasteiger partial charge in [-0.2, -0.15) is 0 Å². The van der Waals surface area contributed by atoms with Crippen LogP contribution in [-0.2, 0) is 0 Å². The Hall–Kier alpha value is -0.540. The van der Waals surface area contributed by atoms with E-state index in [1.165, 1.54) is 24.2 Å². The van der Waals surface area contributed by atoms with E-state index in [0.717, 1.165) is 6.42 Å². The minimum Gasteiger partial charge on any atom is -0.328 e. The molecule has 0 aliphatic heterocycles. The highest BCUT2D eigenvalue weighted by Crippen LogP contribution is 2.32. The van der Waals surface area contributed by atoms with E-state index in [-0.39, 0.29) is 0 Å². The summed E-state index contributed by atoms with van der Waals surface area (Å²) >= 11 is 1.95. The minimum atomic E-state index is 0.420. The van der Waals surface area contributed by atoms with Crippen molar-refractivity contribution in [2.45, 2.75) is 41.9 Å². The van der Waals surface area contributed by atoms with Crippen molar-refractivity contribution in [2.75, 3.05) is 0 Å². The molecule has 1 aliphatic carbocycles. The van der Waals surface area contributed by atoms with Crippen LogP contribution in [-0.4, -0.2) is 16.3 Å². The van der Waals surface area contributed by atoms with Gasteiger partial charge in [0.05, 0.1) is 0 Å². The Morgan fingerprint density at radius 1 is 1.29 bits per heavy atom. The van der Waals surface area contributed by atoms with Crippen molar-refractivity contribution >= 4 is 11.8 Å². The van der Waals surface area contributed by atoms with Crippen molar-refractivity contribution in [3.05, 3.63) is 24.5 Å². The Balaban J connectivity index is 1.91. The first-order valence-electron chi connectivity index (χ1n) is 5.17. The predicted octanol–water partition coefficient (Wildman–Crippen LogP) is 2.44. The second-order valence-corrected chi connectivity index (χ2v) is 5.22. The second-order valence-electron chi connectivity index (χ2n) is 3.85. The SMILES string of the molecule is NC1CCCC(Sc2ccncc2)C1. The van der Waals surface area contributed by atoms with E-state index >= 15 is 0 Å². The molecule has 1 heterocycles. The molecule has 2 unspecified atom stereocenters. The first-order chi connectivity index (χ1) is 6.84. The smallest absolute Gasteiger partial charge is 0.0278 e. The van der Waals surface area contributed by atoms with E-state index < -0.39 is 0 Å². The maximum absolute atomic E-state index is 5.95. The lowest BCUT2D eigenvalue weighted by Crippen LogP contribution is -2.29. The largest absolute Gasteiger partial charge is 0.328 e. The molecule has 2 nitrogen and oxygen atoms in total. The van der Waals surface area contributed by atoms with Crippen LogP contribution >= 0.6 is 11.8 Å². The second kappa shape index (κ2) is 4.80. The topological polar surface area (TPSA) is 38.9 Å². The van der Waals surface area contributed by atoms with E-state index in [1.807, 2.05) is 24.2 Å². The number of hydrogen-bond acceptors (Lipinski definition) is 3. The van der Waals surface area contributed by atoms with Gasteiger partial charge in [-0.05, 0) is 31.4 Å². The van der Waals surface area contributed by atoms with Crippen LogP contribution in [0, 0.1) is 0 Å². The molecular formula is C11H16N2S. The van der Waals surface area contributed by atoms with Crippen LogP contribution in [0.1, 0.15) is 25.7 Å². The van der Waals surface area contributed by atoms with Gasteiger partial charge in [-0.25, -0.2) is 0 Å². The van der Waals surface area contributed by atoms with Crippen LogP contribution in [0.2, 0.25) is 0 Å². The zero-order chi connectivity index (χ0) is 9.80. The molecule has 2 N–H and O–H groups in total. The molecule has 2 rings (SSSR count). The van der Waals surface area contributed by atoms with Crippen molar-refractivity contribution < 1.29 is 0 Å². The average molecular weight is 208 g/mol. The number of nitrogens with zero attached hydrogens (tertiary/aromatic N) is 1. The lowest BCUT2D eigenvalue weighted by Gasteiger charge is -2.25. The Labute approximate surface area is 89.3 Å². The summed E-state index contributed by atoms with van der Waals surface area (Å²) in [4.78, 5) is 5.33. The molecule has 1 aliphatic rings. The van der Waals surface area contributed by atoms with Crippen molar-refractivity contribution in [1.82, 2.24) is 4.98 Å². The average Bonchev–Trinajstić information content (AvgIpc) is 2.19. The third-order valence-electron chi connectivity index (χ3n) is 2.62. The first-order valence-corrected chi connectivity index (χ1v) is 6.05. The lowest BCUT2D eigenvalue weighted by molar-refractivity contribution is 0.451. The van der Waals surface area contributed by atoms with Gasteiger partial charge in [0.25, 0.3) is 0 Å². The number of rotatable bonds is 2. The van der Waals surface area contributed by atoms with Crippen molar-refractivity contribution in [1.29, 1.82) is 0 Å². The summed E-state index contributed by atoms with van der Waals surface area (Å²) in [7, 11) is 0. The number of pyridine rings is 1. The summed E-state index contributed by atoms with van der Waals surface area (Å²) in [6, 6.07) is 4.57. The third-order valence-corrected chi connectivity index (χ3v) is 3.92. The number of nitrogens with two attached hydrogens (primary N) is 1. The molecule has 0 radical (unpaired) electrons. The zero-order valence-corrected chi connectivity index (χ0v) is 9.04. The molecule has 0 spiro atoms. The van der Waals surface area contributed by atoms with Crippen LogP contribution in [0.5, 0.6) is 0 Å². The van der Waals surface area contributed by atoms with Gasteiger partial charge in [-0.15, -0.1) is 11.8 Å². The Morgan fingerprint density at radius 2 is 2.07 bits per heavy atom. The van der Waals surface area contributed by atoms with Gasteiger partial charge in [0.15, 0.2) is 0 Å². The van der Waals surface area contributed by atoms with Gasteiger partial charge in [0.1, 0.15) is 0 Å². The van der Waals surface area contributed by atoms with Crippen molar-refractivity contribution in [3.63, 3.8) is 0 Å². The highest BCUT2D eigenvalue weighted by molar-refractivity contribution is 8.00. The van der Waals surface area contributed by atoms with Crippen LogP contribution in [0.4, 0.5) is 0 Å². The van der Waals surface area contributed by atoms with Crippen LogP contribution in [0.15, 0.2) is 29.4 Å². The molecule has 0 amide bonds. The Bertz CT molecular complexity index is 276. The van der Waals surface area contributed by atoms with Gasteiger partial charge in [-0.3, -0.25) is 4.98 Å². The molecular weight excluding hydrogens is 192 g/mol. The molecule has 14 heavy (non-hydrogen) atoms. The fraction of sp³-hybridized carbons (Fsp3) is 0.545. The van der Waals surface area contributed by atoms with Crippen molar-refractivity contribution in [3.8, 4) is 0 Å². The molecule has 3 heteroatoms. The van der Waals surface area contributed by atoms with E-state index in [0.29, 0.717) is 11.3 Å². The van der Waals surface area contributed by atoms with Gasteiger partial charge in [0.2, 0.25) is 0 Å². The van der Waals surface area contributed by atoms with Crippen LogP contribution in [0.25, 0.3) is 0 Å². The quantitative estimate of drug-likeness (QED) is 0.811. The van der Waals surface area contributed by atoms with Gasteiger partial charge < -0.3 is 5.73 Å². The molecule has 1 saturated carbocycles. The van der Waals surface area contributed by atoms with Crippen molar-refractivity contribution in [2.24, 2.45) is 5.73 Å². The van der Waals surface area contributed by atoms with Crippen LogP contribution < -0.4 is 5.73 Å². The van der Waals surface area contributed by atoms with E-state index in [4.69, 9.17) is 5.73 Å². The van der Waals surface area contributed by atoms with Crippen LogP contribution in [0.3, 0.4) is 0 Å². The fourth-order valence-corrected chi connectivity index (χ4v) is 3.19. The van der Waals surface area contributed by atoms with E-state index in [2.05, 4.69) is 17.1 Å². The van der Waals surface area contributed by atoms with Gasteiger partial charge in [0, 0.05) is 28.6 Å². The summed E-state index contributed by atoms with van der Waals surface area (Å²) < 4.78 is 0. The lowest BCUT2D eigenvalue weighted by atomic mass is 9.96.